The fourth-order valence-corrected chi connectivity index (χ4v) is 2.10. The normalized spacial score (nSPS) is 10.7. The van der Waals surface area contributed by atoms with Crippen LogP contribution < -0.4 is 0 Å². The molecular formula is C11H10BrN. The fraction of sp³-hybridized carbons (Fsp3) is 0.182. The van der Waals surface area contributed by atoms with E-state index < -0.39 is 0 Å². The van der Waals surface area contributed by atoms with Crippen LogP contribution in [0.5, 0.6) is 0 Å². The number of aryl methyl sites for hydroxylation is 2. The van der Waals surface area contributed by atoms with Crippen LogP contribution in [0.15, 0.2) is 29.0 Å². The lowest BCUT2D eigenvalue weighted by atomic mass is 10.0. The number of fused-ring (bicyclic) bond motifs is 1. The van der Waals surface area contributed by atoms with E-state index in [4.69, 9.17) is 0 Å². The lowest BCUT2D eigenvalue weighted by molar-refractivity contribution is 1.33. The zero-order valence-corrected chi connectivity index (χ0v) is 9.22. The number of benzene rings is 1. The molecule has 0 saturated carbocycles. The summed E-state index contributed by atoms with van der Waals surface area (Å²) in [5.74, 6) is 0. The van der Waals surface area contributed by atoms with Crippen molar-refractivity contribution < 1.29 is 0 Å². The molecule has 13 heavy (non-hydrogen) atoms. The SMILES string of the molecule is Cc1cc(Br)c(C)c2cnccc12. The zero-order valence-electron chi connectivity index (χ0n) is 7.63. The summed E-state index contributed by atoms with van der Waals surface area (Å²) >= 11 is 3.54. The lowest BCUT2D eigenvalue weighted by Crippen LogP contribution is -1.85. The minimum atomic E-state index is 1.16. The minimum Gasteiger partial charge on any atom is -0.264 e. The van der Waals surface area contributed by atoms with Gasteiger partial charge in [-0.1, -0.05) is 15.9 Å². The van der Waals surface area contributed by atoms with Crippen LogP contribution in [0.4, 0.5) is 0 Å². The summed E-state index contributed by atoms with van der Waals surface area (Å²) in [6.45, 7) is 4.22. The number of pyridine rings is 1. The first-order valence-electron chi connectivity index (χ1n) is 4.19. The highest BCUT2D eigenvalue weighted by Crippen LogP contribution is 2.27. The first kappa shape index (κ1) is 8.70. The fourth-order valence-electron chi connectivity index (χ4n) is 1.54. The third-order valence-corrected chi connectivity index (χ3v) is 3.18. The van der Waals surface area contributed by atoms with Gasteiger partial charge in [0, 0.05) is 22.3 Å². The van der Waals surface area contributed by atoms with E-state index in [9.17, 15) is 0 Å². The van der Waals surface area contributed by atoms with Crippen LogP contribution >= 0.6 is 15.9 Å². The van der Waals surface area contributed by atoms with Crippen LogP contribution in [-0.4, -0.2) is 4.98 Å². The molecule has 0 aliphatic carbocycles. The van der Waals surface area contributed by atoms with Gasteiger partial charge in [0.15, 0.2) is 0 Å². The zero-order chi connectivity index (χ0) is 9.42. The van der Waals surface area contributed by atoms with Crippen LogP contribution in [0.1, 0.15) is 11.1 Å². The average molecular weight is 236 g/mol. The number of hydrogen-bond acceptors (Lipinski definition) is 1. The molecule has 2 rings (SSSR count). The Bertz CT molecular complexity index is 463. The van der Waals surface area contributed by atoms with E-state index in [1.165, 1.54) is 21.9 Å². The Kier molecular flexibility index (Phi) is 2.08. The molecule has 0 aliphatic rings. The Labute approximate surface area is 85.9 Å². The topological polar surface area (TPSA) is 12.9 Å². The number of aromatic nitrogens is 1. The second kappa shape index (κ2) is 3.11. The number of halogens is 1. The third-order valence-electron chi connectivity index (χ3n) is 2.35. The van der Waals surface area contributed by atoms with Crippen LogP contribution in [0.3, 0.4) is 0 Å². The molecule has 0 fully saturated rings. The molecule has 0 bridgehead atoms. The standard InChI is InChI=1S/C11H10BrN/c1-7-5-11(12)8(2)10-6-13-4-3-9(7)10/h3-6H,1-2H3. The monoisotopic (exact) mass is 235 g/mol. The highest BCUT2D eigenvalue weighted by Gasteiger charge is 2.03. The predicted octanol–water partition coefficient (Wildman–Crippen LogP) is 3.61. The summed E-state index contributed by atoms with van der Waals surface area (Å²) in [7, 11) is 0. The van der Waals surface area contributed by atoms with E-state index in [-0.39, 0.29) is 0 Å². The van der Waals surface area contributed by atoms with Crippen LogP contribution in [0.2, 0.25) is 0 Å². The second-order valence-electron chi connectivity index (χ2n) is 3.22. The molecule has 0 amide bonds. The molecular weight excluding hydrogens is 226 g/mol. The second-order valence-corrected chi connectivity index (χ2v) is 4.08. The highest BCUT2D eigenvalue weighted by molar-refractivity contribution is 9.10. The van der Waals surface area contributed by atoms with Gasteiger partial charge in [0.2, 0.25) is 0 Å². The quantitative estimate of drug-likeness (QED) is 0.680. The van der Waals surface area contributed by atoms with Gasteiger partial charge in [0.1, 0.15) is 0 Å². The predicted molar refractivity (Wildman–Crippen MR) is 58.9 cm³/mol. The lowest BCUT2D eigenvalue weighted by Gasteiger charge is -2.06. The van der Waals surface area contributed by atoms with Gasteiger partial charge in [-0.05, 0) is 42.5 Å². The molecule has 1 nitrogen and oxygen atoms in total. The maximum atomic E-state index is 4.14. The van der Waals surface area contributed by atoms with E-state index in [0.717, 1.165) is 4.47 Å². The number of hydrogen-bond donors (Lipinski definition) is 0. The molecule has 0 unspecified atom stereocenters. The van der Waals surface area contributed by atoms with E-state index in [1.54, 1.807) is 0 Å². The van der Waals surface area contributed by atoms with Gasteiger partial charge in [-0.15, -0.1) is 0 Å². The largest absolute Gasteiger partial charge is 0.264 e. The number of rotatable bonds is 0. The maximum absolute atomic E-state index is 4.14. The molecule has 0 radical (unpaired) electrons. The molecule has 0 atom stereocenters. The third kappa shape index (κ3) is 1.35. The highest BCUT2D eigenvalue weighted by atomic mass is 79.9. The number of nitrogens with zero attached hydrogens (tertiary/aromatic N) is 1. The Morgan fingerprint density at radius 3 is 2.77 bits per heavy atom. The Morgan fingerprint density at radius 2 is 2.00 bits per heavy atom. The van der Waals surface area contributed by atoms with Gasteiger partial charge in [-0.2, -0.15) is 0 Å². The molecule has 0 spiro atoms. The van der Waals surface area contributed by atoms with Crippen molar-refractivity contribution in [3.63, 3.8) is 0 Å². The summed E-state index contributed by atoms with van der Waals surface area (Å²) in [4.78, 5) is 4.14. The molecule has 1 heterocycles. The van der Waals surface area contributed by atoms with Crippen molar-refractivity contribution in [2.45, 2.75) is 13.8 Å². The molecule has 66 valence electrons. The molecule has 0 N–H and O–H groups in total. The summed E-state index contributed by atoms with van der Waals surface area (Å²) in [5, 5.41) is 2.52. The van der Waals surface area contributed by atoms with E-state index in [1.807, 2.05) is 12.4 Å². The van der Waals surface area contributed by atoms with Crippen molar-refractivity contribution in [2.75, 3.05) is 0 Å². The Hall–Kier alpha value is -0.890. The van der Waals surface area contributed by atoms with Gasteiger partial charge in [0.05, 0.1) is 0 Å². The van der Waals surface area contributed by atoms with Gasteiger partial charge in [-0.25, -0.2) is 0 Å². The molecule has 1 aromatic carbocycles. The summed E-state index contributed by atoms with van der Waals surface area (Å²) in [6, 6.07) is 4.21. The smallest absolute Gasteiger partial charge is 0.0349 e. The average Bonchev–Trinajstić information content (AvgIpc) is 2.15. The van der Waals surface area contributed by atoms with Gasteiger partial charge in [-0.3, -0.25) is 4.98 Å². The molecule has 1 aromatic heterocycles. The van der Waals surface area contributed by atoms with Crippen molar-refractivity contribution in [3.8, 4) is 0 Å². The van der Waals surface area contributed by atoms with E-state index >= 15 is 0 Å². The molecule has 2 heteroatoms. The molecule has 0 aliphatic heterocycles. The maximum Gasteiger partial charge on any atom is 0.0349 e. The molecule has 0 saturated heterocycles. The van der Waals surface area contributed by atoms with Crippen LogP contribution in [-0.2, 0) is 0 Å². The van der Waals surface area contributed by atoms with Crippen molar-refractivity contribution in [3.05, 3.63) is 40.1 Å². The van der Waals surface area contributed by atoms with Crippen molar-refractivity contribution in [1.29, 1.82) is 0 Å². The van der Waals surface area contributed by atoms with E-state index in [0.29, 0.717) is 0 Å². The Morgan fingerprint density at radius 1 is 1.23 bits per heavy atom. The van der Waals surface area contributed by atoms with Gasteiger partial charge in [0.25, 0.3) is 0 Å². The van der Waals surface area contributed by atoms with Crippen LogP contribution in [0, 0.1) is 13.8 Å². The van der Waals surface area contributed by atoms with Crippen molar-refractivity contribution in [1.82, 2.24) is 4.98 Å². The summed E-state index contributed by atoms with van der Waals surface area (Å²) in [6.07, 6.45) is 3.76. The first-order valence-corrected chi connectivity index (χ1v) is 4.99. The Balaban J connectivity index is 2.97. The minimum absolute atomic E-state index is 1.16. The van der Waals surface area contributed by atoms with Crippen LogP contribution in [0.25, 0.3) is 10.8 Å². The summed E-state index contributed by atoms with van der Waals surface area (Å²) in [5.41, 5.74) is 2.54. The summed E-state index contributed by atoms with van der Waals surface area (Å²) < 4.78 is 1.16. The first-order chi connectivity index (χ1) is 6.20. The van der Waals surface area contributed by atoms with Crippen molar-refractivity contribution >= 4 is 26.7 Å². The molecule has 2 aromatic rings. The van der Waals surface area contributed by atoms with E-state index in [2.05, 4.69) is 46.9 Å². The van der Waals surface area contributed by atoms with Crippen molar-refractivity contribution in [2.24, 2.45) is 0 Å². The van der Waals surface area contributed by atoms with Gasteiger partial charge < -0.3 is 0 Å². The van der Waals surface area contributed by atoms with Gasteiger partial charge >= 0.3 is 0 Å².